The summed E-state index contributed by atoms with van der Waals surface area (Å²) >= 11 is 0. The maximum Gasteiger partial charge on any atom is 0.352 e. The van der Waals surface area contributed by atoms with Crippen molar-refractivity contribution >= 4 is 28.7 Å². The van der Waals surface area contributed by atoms with Crippen LogP contribution in [0, 0.1) is 0 Å². The van der Waals surface area contributed by atoms with Crippen LogP contribution in [0.4, 0.5) is 11.6 Å². The van der Waals surface area contributed by atoms with Gasteiger partial charge < -0.3 is 10.1 Å². The second-order valence-electron chi connectivity index (χ2n) is 7.27. The van der Waals surface area contributed by atoms with E-state index in [1.54, 1.807) is 21.8 Å². The van der Waals surface area contributed by atoms with E-state index in [0.717, 1.165) is 29.2 Å². The Balaban J connectivity index is 1.55. The van der Waals surface area contributed by atoms with Gasteiger partial charge in [0.05, 0.1) is 31.7 Å². The van der Waals surface area contributed by atoms with Gasteiger partial charge in [0, 0.05) is 25.6 Å². The van der Waals surface area contributed by atoms with Gasteiger partial charge in [-0.2, -0.15) is 5.10 Å². The number of anilines is 2. The molecule has 4 aromatic rings. The smallest absolute Gasteiger partial charge is 0.352 e. The van der Waals surface area contributed by atoms with Crippen LogP contribution in [-0.4, -0.2) is 48.8 Å². The van der Waals surface area contributed by atoms with Gasteiger partial charge in [0.25, 0.3) is 5.65 Å². The van der Waals surface area contributed by atoms with Crippen LogP contribution in [0.15, 0.2) is 42.9 Å². The summed E-state index contributed by atoms with van der Waals surface area (Å²) in [7, 11) is 1.90. The van der Waals surface area contributed by atoms with E-state index < -0.39 is 0 Å². The van der Waals surface area contributed by atoms with Crippen molar-refractivity contribution in [2.75, 3.05) is 18.5 Å². The standard InChI is InChI=1S/C20H21N9O2/c1-27-19-17-12-22-20(27)24-14-4-2-5-16(10-14)31-9-3-7-21-18(30)6-8-28-13-15(11-23-28)29(19)26-25-17/h2,4-5,10-13H,3,6-9H2,1H3,(H,21,30)/p+1. The molecular formula is C20H22N9O2+. The van der Waals surface area contributed by atoms with Crippen LogP contribution < -0.4 is 19.9 Å². The molecule has 11 heteroatoms. The van der Waals surface area contributed by atoms with Crippen LogP contribution in [0.2, 0.25) is 0 Å². The highest BCUT2D eigenvalue weighted by Crippen LogP contribution is 2.21. The number of hydrogen-bond acceptors (Lipinski definition) is 7. The first-order chi connectivity index (χ1) is 15.2. The molecule has 0 unspecified atom stereocenters. The second-order valence-corrected chi connectivity index (χ2v) is 7.27. The molecule has 0 aliphatic carbocycles. The average molecular weight is 420 g/mol. The highest BCUT2D eigenvalue weighted by molar-refractivity contribution is 5.75. The van der Waals surface area contributed by atoms with Gasteiger partial charge in [0.1, 0.15) is 11.9 Å². The summed E-state index contributed by atoms with van der Waals surface area (Å²) in [6.45, 7) is 1.54. The summed E-state index contributed by atoms with van der Waals surface area (Å²) in [5.74, 6) is 1.36. The molecule has 5 rings (SSSR count). The van der Waals surface area contributed by atoms with Gasteiger partial charge >= 0.3 is 5.95 Å². The van der Waals surface area contributed by atoms with Gasteiger partial charge in [-0.25, -0.2) is 4.57 Å². The van der Waals surface area contributed by atoms with Crippen molar-refractivity contribution in [2.24, 2.45) is 7.05 Å². The van der Waals surface area contributed by atoms with E-state index in [0.29, 0.717) is 37.6 Å². The average Bonchev–Trinajstić information content (AvgIpc) is 3.41. The van der Waals surface area contributed by atoms with E-state index in [4.69, 9.17) is 4.74 Å². The minimum atomic E-state index is -0.0190. The minimum Gasteiger partial charge on any atom is -0.493 e. The molecule has 0 saturated heterocycles. The van der Waals surface area contributed by atoms with Crippen LogP contribution in [-0.2, 0) is 18.4 Å². The third kappa shape index (κ3) is 3.89. The summed E-state index contributed by atoms with van der Waals surface area (Å²) in [6.07, 6.45) is 6.29. The summed E-state index contributed by atoms with van der Waals surface area (Å²) < 4.78 is 11.2. The van der Waals surface area contributed by atoms with Crippen molar-refractivity contribution in [3.05, 3.63) is 42.9 Å². The monoisotopic (exact) mass is 420 g/mol. The lowest BCUT2D eigenvalue weighted by molar-refractivity contribution is -0.635. The molecule has 1 aliphatic heterocycles. The summed E-state index contributed by atoms with van der Waals surface area (Å²) in [5.41, 5.74) is 3.02. The number of aromatic nitrogens is 7. The molecule has 0 spiro atoms. The predicted molar refractivity (Wildman–Crippen MR) is 111 cm³/mol. The minimum absolute atomic E-state index is 0.0190. The maximum atomic E-state index is 12.1. The molecule has 3 aromatic heterocycles. The number of fused-ring (bicyclic) bond motifs is 6. The highest BCUT2D eigenvalue weighted by atomic mass is 16.5. The normalized spacial score (nSPS) is 14.8. The van der Waals surface area contributed by atoms with E-state index in [9.17, 15) is 4.79 Å². The van der Waals surface area contributed by atoms with Gasteiger partial charge in [-0.15, -0.1) is 14.8 Å². The Morgan fingerprint density at radius 1 is 1.26 bits per heavy atom. The van der Waals surface area contributed by atoms with Crippen molar-refractivity contribution in [3.8, 4) is 11.4 Å². The fraction of sp³-hybridized carbons (Fsp3) is 0.300. The third-order valence-corrected chi connectivity index (χ3v) is 5.05. The fourth-order valence-corrected chi connectivity index (χ4v) is 3.46. The van der Waals surface area contributed by atoms with Crippen LogP contribution in [0.5, 0.6) is 5.75 Å². The number of carbonyl (C=O) groups excluding carboxylic acids is 1. The summed E-state index contributed by atoms with van der Waals surface area (Å²) in [5, 5.41) is 19.1. The molecule has 1 aliphatic rings. The number of carbonyl (C=O) groups is 1. The molecule has 1 amide bonds. The molecule has 0 fully saturated rings. The van der Waals surface area contributed by atoms with Crippen LogP contribution in [0.25, 0.3) is 16.9 Å². The Kier molecular flexibility index (Phi) is 4.90. The number of rotatable bonds is 0. The van der Waals surface area contributed by atoms with E-state index in [1.165, 1.54) is 0 Å². The number of amides is 1. The second kappa shape index (κ2) is 8.01. The first kappa shape index (κ1) is 19.0. The van der Waals surface area contributed by atoms with Crippen LogP contribution >= 0.6 is 0 Å². The molecular weight excluding hydrogens is 398 g/mol. The molecule has 4 heterocycles. The van der Waals surface area contributed by atoms with Crippen LogP contribution in [0.1, 0.15) is 12.8 Å². The molecule has 0 radical (unpaired) electrons. The Bertz CT molecular complexity index is 1250. The van der Waals surface area contributed by atoms with E-state index in [2.05, 4.69) is 31.0 Å². The van der Waals surface area contributed by atoms with Crippen molar-refractivity contribution < 1.29 is 14.1 Å². The molecule has 31 heavy (non-hydrogen) atoms. The van der Waals surface area contributed by atoms with Crippen molar-refractivity contribution in [1.29, 1.82) is 0 Å². The number of hydrogen-bond donors (Lipinski definition) is 2. The highest BCUT2D eigenvalue weighted by Gasteiger charge is 2.20. The summed E-state index contributed by atoms with van der Waals surface area (Å²) in [4.78, 5) is 16.6. The van der Waals surface area contributed by atoms with Gasteiger partial charge in [-0.3, -0.25) is 14.8 Å². The lowest BCUT2D eigenvalue weighted by atomic mass is 10.3. The molecule has 158 valence electrons. The van der Waals surface area contributed by atoms with Gasteiger partial charge in [0.15, 0.2) is 11.2 Å². The lowest BCUT2D eigenvalue weighted by Gasteiger charge is -2.09. The van der Waals surface area contributed by atoms with Crippen molar-refractivity contribution in [1.82, 2.24) is 35.1 Å². The Morgan fingerprint density at radius 2 is 2.19 bits per heavy atom. The SMILES string of the molecule is C[n+]1c2ncc3nnn(c31)-c1cnn(c1)CCC(=O)NCCCOc1cccc(c1)N2. The number of nitrogens with zero attached hydrogens (tertiary/aromatic N) is 7. The Morgan fingerprint density at radius 3 is 3.13 bits per heavy atom. The lowest BCUT2D eigenvalue weighted by Crippen LogP contribution is -2.35. The zero-order valence-corrected chi connectivity index (χ0v) is 17.0. The molecule has 0 atom stereocenters. The van der Waals surface area contributed by atoms with E-state index in [1.807, 2.05) is 42.1 Å². The molecule has 6 bridgehead atoms. The summed E-state index contributed by atoms with van der Waals surface area (Å²) in [6, 6.07) is 7.68. The third-order valence-electron chi connectivity index (χ3n) is 5.05. The first-order valence-electron chi connectivity index (χ1n) is 10.1. The largest absolute Gasteiger partial charge is 0.493 e. The van der Waals surface area contributed by atoms with Crippen LogP contribution in [0.3, 0.4) is 0 Å². The fourth-order valence-electron chi connectivity index (χ4n) is 3.46. The van der Waals surface area contributed by atoms with Gasteiger partial charge in [-0.1, -0.05) is 6.07 Å². The Labute approximate surface area is 177 Å². The maximum absolute atomic E-state index is 12.1. The predicted octanol–water partition coefficient (Wildman–Crippen LogP) is 0.869. The molecule has 2 N–H and O–H groups in total. The first-order valence-corrected chi connectivity index (χ1v) is 10.1. The molecule has 11 nitrogen and oxygen atoms in total. The van der Waals surface area contributed by atoms with Gasteiger partial charge in [0.2, 0.25) is 5.91 Å². The number of nitrogens with one attached hydrogen (secondary N) is 2. The zero-order chi connectivity index (χ0) is 21.2. The quantitative estimate of drug-likeness (QED) is 0.406. The number of benzene rings is 1. The van der Waals surface area contributed by atoms with E-state index >= 15 is 0 Å². The zero-order valence-electron chi connectivity index (χ0n) is 17.0. The molecule has 1 aromatic carbocycles. The van der Waals surface area contributed by atoms with Crippen molar-refractivity contribution in [3.63, 3.8) is 0 Å². The van der Waals surface area contributed by atoms with Crippen molar-refractivity contribution in [2.45, 2.75) is 19.4 Å². The number of ether oxygens (including phenoxy) is 1. The van der Waals surface area contributed by atoms with Gasteiger partial charge in [-0.05, 0) is 23.8 Å². The number of aryl methyl sites for hydroxylation is 2. The molecule has 0 saturated carbocycles. The Hall–Kier alpha value is -4.02. The van der Waals surface area contributed by atoms with E-state index in [-0.39, 0.29) is 5.91 Å². The topological polar surface area (TPSA) is 116 Å².